The number of aryl methyl sites for hydroxylation is 1. The smallest absolute Gasteiger partial charge is 0.235 e. The van der Waals surface area contributed by atoms with Gasteiger partial charge in [0.05, 0.1) is 24.5 Å². The Hall–Kier alpha value is -3.39. The molecule has 158 valence electrons. The van der Waals surface area contributed by atoms with Crippen LogP contribution in [0.5, 0.6) is 0 Å². The number of nitrogens with zero attached hydrogens (tertiary/aromatic N) is 2. The molecule has 2 amide bonds. The molecule has 4 atom stereocenters. The highest BCUT2D eigenvalue weighted by atomic mass is 16.5. The minimum absolute atomic E-state index is 0.142. The Kier molecular flexibility index (Phi) is 3.89. The second kappa shape index (κ2) is 6.55. The quantitative estimate of drug-likeness (QED) is 0.618. The molecular weight excluding hydrogens is 396 g/mol. The maximum atomic E-state index is 13.2. The van der Waals surface area contributed by atoms with Crippen LogP contribution in [-0.2, 0) is 20.7 Å². The normalized spacial score (nSPS) is 28.6. The highest BCUT2D eigenvalue weighted by Crippen LogP contribution is 2.52. The molecule has 2 N–H and O–H groups in total. The summed E-state index contributed by atoms with van der Waals surface area (Å²) in [6.45, 7) is 2.62. The SMILES string of the molecule is Cc1cc(N2C[C@@]34C=C[C@@H](O3)[C@H](C(=O)NCCc3c[nH]c5ccccc35)[C@@H]4C2=O)no1. The third-order valence-corrected chi connectivity index (χ3v) is 6.66. The van der Waals surface area contributed by atoms with Gasteiger partial charge in [0.25, 0.3) is 0 Å². The number of ether oxygens (including phenoxy) is 1. The van der Waals surface area contributed by atoms with Crippen molar-refractivity contribution >= 4 is 28.5 Å². The first-order valence-electron chi connectivity index (χ1n) is 10.5. The molecule has 5 heterocycles. The van der Waals surface area contributed by atoms with Crippen LogP contribution < -0.4 is 10.2 Å². The number of para-hydroxylation sites is 1. The fourth-order valence-corrected chi connectivity index (χ4v) is 5.25. The van der Waals surface area contributed by atoms with Crippen molar-refractivity contribution in [2.24, 2.45) is 11.8 Å². The molecule has 8 nitrogen and oxygen atoms in total. The van der Waals surface area contributed by atoms with E-state index >= 15 is 0 Å². The lowest BCUT2D eigenvalue weighted by molar-refractivity contribution is -0.131. The molecule has 2 bridgehead atoms. The number of hydrogen-bond acceptors (Lipinski definition) is 5. The van der Waals surface area contributed by atoms with E-state index < -0.39 is 17.4 Å². The lowest BCUT2D eigenvalue weighted by Gasteiger charge is -2.23. The first-order valence-corrected chi connectivity index (χ1v) is 10.5. The molecule has 1 aromatic carbocycles. The van der Waals surface area contributed by atoms with Gasteiger partial charge in [-0.3, -0.25) is 14.5 Å². The Morgan fingerprint density at radius 1 is 1.39 bits per heavy atom. The third kappa shape index (κ3) is 2.68. The molecule has 6 rings (SSSR count). The highest BCUT2D eigenvalue weighted by Gasteiger charge is 2.67. The van der Waals surface area contributed by atoms with Gasteiger partial charge in [-0.1, -0.05) is 35.5 Å². The predicted octanol–water partition coefficient (Wildman–Crippen LogP) is 2.11. The molecule has 0 radical (unpaired) electrons. The highest BCUT2D eigenvalue weighted by molar-refractivity contribution is 6.02. The molecule has 3 aromatic rings. The van der Waals surface area contributed by atoms with Crippen LogP contribution in [0.3, 0.4) is 0 Å². The molecule has 1 spiro atoms. The molecular formula is C23H22N4O4. The minimum Gasteiger partial charge on any atom is -0.361 e. The van der Waals surface area contributed by atoms with Crippen molar-refractivity contribution in [1.82, 2.24) is 15.5 Å². The molecule has 31 heavy (non-hydrogen) atoms. The monoisotopic (exact) mass is 418 g/mol. The predicted molar refractivity (Wildman–Crippen MR) is 112 cm³/mol. The second-order valence-electron chi connectivity index (χ2n) is 8.52. The summed E-state index contributed by atoms with van der Waals surface area (Å²) in [5.74, 6) is -0.287. The summed E-state index contributed by atoms with van der Waals surface area (Å²) < 4.78 is 11.3. The van der Waals surface area contributed by atoms with Crippen molar-refractivity contribution in [1.29, 1.82) is 0 Å². The van der Waals surface area contributed by atoms with Crippen molar-refractivity contribution in [2.75, 3.05) is 18.0 Å². The summed E-state index contributed by atoms with van der Waals surface area (Å²) in [5, 5.41) is 8.16. The van der Waals surface area contributed by atoms with Gasteiger partial charge in [0, 0.05) is 29.7 Å². The van der Waals surface area contributed by atoms with Gasteiger partial charge in [-0.15, -0.1) is 0 Å². The third-order valence-electron chi connectivity index (χ3n) is 6.66. The van der Waals surface area contributed by atoms with E-state index in [4.69, 9.17) is 9.26 Å². The number of aromatic nitrogens is 2. The zero-order valence-corrected chi connectivity index (χ0v) is 17.0. The average molecular weight is 418 g/mol. The number of nitrogens with one attached hydrogen (secondary N) is 2. The molecule has 3 aliphatic rings. The first kappa shape index (κ1) is 18.4. The number of anilines is 1. The largest absolute Gasteiger partial charge is 0.361 e. The van der Waals surface area contributed by atoms with Gasteiger partial charge in [0.15, 0.2) is 5.82 Å². The van der Waals surface area contributed by atoms with Crippen LogP contribution in [0.15, 0.2) is 53.2 Å². The Labute approximate surface area is 178 Å². The average Bonchev–Trinajstić information content (AvgIpc) is 3.56. The van der Waals surface area contributed by atoms with E-state index in [1.807, 2.05) is 36.5 Å². The van der Waals surface area contributed by atoms with Crippen molar-refractivity contribution in [3.05, 3.63) is 60.0 Å². The molecule has 0 saturated carbocycles. The van der Waals surface area contributed by atoms with Crippen LogP contribution in [0, 0.1) is 18.8 Å². The van der Waals surface area contributed by atoms with Crippen LogP contribution in [0.25, 0.3) is 10.9 Å². The van der Waals surface area contributed by atoms with E-state index in [1.54, 1.807) is 17.9 Å². The number of amides is 2. The molecule has 2 saturated heterocycles. The summed E-state index contributed by atoms with van der Waals surface area (Å²) in [5.41, 5.74) is 1.46. The van der Waals surface area contributed by atoms with Crippen molar-refractivity contribution in [3.8, 4) is 0 Å². The molecule has 0 aliphatic carbocycles. The van der Waals surface area contributed by atoms with Gasteiger partial charge >= 0.3 is 0 Å². The van der Waals surface area contributed by atoms with E-state index in [0.717, 1.165) is 16.5 Å². The summed E-state index contributed by atoms with van der Waals surface area (Å²) in [6.07, 6.45) is 6.16. The number of benzene rings is 1. The number of hydrogen-bond donors (Lipinski definition) is 2. The number of carbonyl (C=O) groups excluding carboxylic acids is 2. The van der Waals surface area contributed by atoms with E-state index in [2.05, 4.69) is 21.5 Å². The Morgan fingerprint density at radius 3 is 3.10 bits per heavy atom. The number of carbonyl (C=O) groups is 2. The summed E-state index contributed by atoms with van der Waals surface area (Å²) in [6, 6.07) is 9.82. The molecule has 0 unspecified atom stereocenters. The Balaban J connectivity index is 1.18. The fourth-order valence-electron chi connectivity index (χ4n) is 5.25. The van der Waals surface area contributed by atoms with Gasteiger partial charge in [-0.05, 0) is 25.0 Å². The number of fused-ring (bicyclic) bond motifs is 2. The number of rotatable bonds is 5. The van der Waals surface area contributed by atoms with Crippen LogP contribution >= 0.6 is 0 Å². The zero-order valence-electron chi connectivity index (χ0n) is 17.0. The van der Waals surface area contributed by atoms with Crippen molar-refractivity contribution in [2.45, 2.75) is 25.0 Å². The van der Waals surface area contributed by atoms with Gasteiger partial charge in [-0.2, -0.15) is 0 Å². The lowest BCUT2D eigenvalue weighted by atomic mass is 9.77. The van der Waals surface area contributed by atoms with Gasteiger partial charge in [0.2, 0.25) is 11.8 Å². The van der Waals surface area contributed by atoms with Crippen molar-refractivity contribution in [3.63, 3.8) is 0 Å². The first-order chi connectivity index (χ1) is 15.1. The minimum atomic E-state index is -0.770. The molecule has 2 fully saturated rings. The molecule has 3 aliphatic heterocycles. The molecule has 2 aromatic heterocycles. The van der Waals surface area contributed by atoms with E-state index in [-0.39, 0.29) is 17.9 Å². The lowest BCUT2D eigenvalue weighted by Crippen LogP contribution is -2.44. The van der Waals surface area contributed by atoms with E-state index in [1.165, 1.54) is 0 Å². The summed E-state index contributed by atoms with van der Waals surface area (Å²) >= 11 is 0. The number of aromatic amines is 1. The van der Waals surface area contributed by atoms with Crippen LogP contribution in [0.2, 0.25) is 0 Å². The second-order valence-corrected chi connectivity index (χ2v) is 8.52. The summed E-state index contributed by atoms with van der Waals surface area (Å²) in [4.78, 5) is 31.2. The topological polar surface area (TPSA) is 100 Å². The standard InChI is InChI=1S/C23H22N4O4/c1-13-10-18(26-31-13)27-12-23-8-6-17(30-23)19(20(23)22(27)29)21(28)24-9-7-14-11-25-16-5-3-2-4-15(14)16/h2-6,8,10-11,17,19-20,25H,7,9,12H2,1H3,(H,24,28)/t17-,19+,20-,23-/m1/s1. The summed E-state index contributed by atoms with van der Waals surface area (Å²) in [7, 11) is 0. The van der Waals surface area contributed by atoms with Crippen LogP contribution in [-0.4, -0.2) is 46.7 Å². The van der Waals surface area contributed by atoms with E-state index in [9.17, 15) is 9.59 Å². The van der Waals surface area contributed by atoms with Crippen molar-refractivity contribution < 1.29 is 18.8 Å². The maximum Gasteiger partial charge on any atom is 0.235 e. The van der Waals surface area contributed by atoms with Crippen LogP contribution in [0.1, 0.15) is 11.3 Å². The van der Waals surface area contributed by atoms with Crippen LogP contribution in [0.4, 0.5) is 5.82 Å². The van der Waals surface area contributed by atoms with Gasteiger partial charge < -0.3 is 19.6 Å². The Morgan fingerprint density at radius 2 is 2.26 bits per heavy atom. The Bertz CT molecular complexity index is 1230. The van der Waals surface area contributed by atoms with Gasteiger partial charge in [0.1, 0.15) is 11.4 Å². The maximum absolute atomic E-state index is 13.2. The fraction of sp³-hybridized carbons (Fsp3) is 0.348. The van der Waals surface area contributed by atoms with Gasteiger partial charge in [-0.25, -0.2) is 0 Å². The zero-order chi connectivity index (χ0) is 21.2. The van der Waals surface area contributed by atoms with E-state index in [0.29, 0.717) is 31.1 Å². The molecule has 8 heteroatoms. The number of H-pyrrole nitrogens is 1.